The number of nitriles is 1. The fraction of sp³-hybridized carbons (Fsp3) is 0.714. The normalized spacial score (nSPS) is 19.9. The zero-order chi connectivity index (χ0) is 13.1. The summed E-state index contributed by atoms with van der Waals surface area (Å²) in [5.41, 5.74) is 0.978. The molecule has 0 aromatic carbocycles. The Morgan fingerprint density at radius 3 is 2.67 bits per heavy atom. The largest absolute Gasteiger partial charge is 0.306 e. The van der Waals surface area contributed by atoms with Crippen LogP contribution in [0.3, 0.4) is 0 Å². The van der Waals surface area contributed by atoms with E-state index in [1.807, 2.05) is 0 Å². The lowest BCUT2D eigenvalue weighted by atomic mass is 9.94. The van der Waals surface area contributed by atoms with Crippen LogP contribution in [0.15, 0.2) is 5.38 Å². The molecule has 1 aromatic heterocycles. The average Bonchev–Trinajstić information content (AvgIpc) is 2.80. The van der Waals surface area contributed by atoms with E-state index in [1.165, 1.54) is 17.8 Å². The minimum absolute atomic E-state index is 0.0544. The Morgan fingerprint density at radius 1 is 1.44 bits per heavy atom. The maximum atomic E-state index is 9.21. The van der Waals surface area contributed by atoms with Crippen LogP contribution in [0.5, 0.6) is 0 Å². The summed E-state index contributed by atoms with van der Waals surface area (Å²) in [5.74, 6) is 0.884. The minimum Gasteiger partial charge on any atom is -0.306 e. The predicted molar refractivity (Wildman–Crippen MR) is 74.8 cm³/mol. The molecule has 4 heteroatoms. The highest BCUT2D eigenvalue weighted by atomic mass is 32.1. The van der Waals surface area contributed by atoms with E-state index in [1.54, 1.807) is 11.3 Å². The van der Waals surface area contributed by atoms with Crippen LogP contribution >= 0.6 is 11.3 Å². The van der Waals surface area contributed by atoms with E-state index in [-0.39, 0.29) is 5.92 Å². The van der Waals surface area contributed by atoms with Gasteiger partial charge in [0.15, 0.2) is 0 Å². The molecule has 3 nitrogen and oxygen atoms in total. The molecule has 2 heterocycles. The van der Waals surface area contributed by atoms with Gasteiger partial charge in [-0.15, -0.1) is 11.3 Å². The number of piperidine rings is 1. The summed E-state index contributed by atoms with van der Waals surface area (Å²) < 4.78 is 0. The minimum atomic E-state index is -0.0544. The molecular formula is C14H21N3S. The summed E-state index contributed by atoms with van der Waals surface area (Å²) >= 11 is 1.74. The van der Waals surface area contributed by atoms with Crippen LogP contribution in [0.1, 0.15) is 49.2 Å². The lowest BCUT2D eigenvalue weighted by Gasteiger charge is -2.27. The van der Waals surface area contributed by atoms with Crippen LogP contribution in [-0.2, 0) is 0 Å². The van der Waals surface area contributed by atoms with E-state index < -0.39 is 0 Å². The Balaban J connectivity index is 2.08. The zero-order valence-electron chi connectivity index (χ0n) is 11.4. The van der Waals surface area contributed by atoms with Gasteiger partial charge in [0, 0.05) is 11.3 Å². The van der Waals surface area contributed by atoms with Crippen LogP contribution in [0.2, 0.25) is 0 Å². The molecular weight excluding hydrogens is 242 g/mol. The van der Waals surface area contributed by atoms with Crippen LogP contribution < -0.4 is 0 Å². The molecule has 1 saturated heterocycles. The maximum Gasteiger partial charge on any atom is 0.0960 e. The first kappa shape index (κ1) is 13.5. The molecule has 1 fully saturated rings. The second-order valence-corrected chi connectivity index (χ2v) is 6.43. The monoisotopic (exact) mass is 263 g/mol. The third kappa shape index (κ3) is 2.90. The van der Waals surface area contributed by atoms with Gasteiger partial charge in [0.05, 0.1) is 22.7 Å². The molecule has 1 atom stereocenters. The number of thiazole rings is 1. The van der Waals surface area contributed by atoms with Gasteiger partial charge in [0.2, 0.25) is 0 Å². The molecule has 1 aliphatic rings. The summed E-state index contributed by atoms with van der Waals surface area (Å²) in [6, 6.07) is 2.38. The molecule has 98 valence electrons. The van der Waals surface area contributed by atoms with Crippen molar-refractivity contribution in [3.63, 3.8) is 0 Å². The third-order valence-electron chi connectivity index (χ3n) is 3.73. The highest BCUT2D eigenvalue weighted by Gasteiger charge is 2.24. The van der Waals surface area contributed by atoms with Gasteiger partial charge in [0.25, 0.3) is 0 Å². The van der Waals surface area contributed by atoms with Crippen LogP contribution in [0.25, 0.3) is 0 Å². The van der Waals surface area contributed by atoms with Gasteiger partial charge in [-0.25, -0.2) is 4.98 Å². The van der Waals surface area contributed by atoms with E-state index in [4.69, 9.17) is 4.98 Å². The average molecular weight is 263 g/mol. The topological polar surface area (TPSA) is 39.9 Å². The summed E-state index contributed by atoms with van der Waals surface area (Å²) in [5, 5.41) is 12.5. The van der Waals surface area contributed by atoms with E-state index in [9.17, 15) is 5.26 Å². The molecule has 0 saturated carbocycles. The lowest BCUT2D eigenvalue weighted by Crippen LogP contribution is -2.29. The fourth-order valence-corrected chi connectivity index (χ4v) is 3.47. The van der Waals surface area contributed by atoms with Gasteiger partial charge < -0.3 is 4.90 Å². The molecule has 0 amide bonds. The molecule has 1 aliphatic heterocycles. The van der Waals surface area contributed by atoms with Gasteiger partial charge >= 0.3 is 0 Å². The number of likely N-dealkylation sites (tertiary alicyclic amines) is 1. The summed E-state index contributed by atoms with van der Waals surface area (Å²) in [6.07, 6.45) is 2.39. The highest BCUT2D eigenvalue weighted by molar-refractivity contribution is 7.09. The van der Waals surface area contributed by atoms with Gasteiger partial charge in [-0.05, 0) is 38.9 Å². The van der Waals surface area contributed by atoms with Crippen molar-refractivity contribution in [2.24, 2.45) is 5.92 Å². The second-order valence-electron chi connectivity index (χ2n) is 5.54. The van der Waals surface area contributed by atoms with E-state index >= 15 is 0 Å². The van der Waals surface area contributed by atoms with Crippen molar-refractivity contribution in [1.29, 1.82) is 5.26 Å². The Morgan fingerprint density at radius 2 is 2.11 bits per heavy atom. The van der Waals surface area contributed by atoms with Gasteiger partial charge in [-0.2, -0.15) is 5.26 Å². The third-order valence-corrected chi connectivity index (χ3v) is 4.76. The van der Waals surface area contributed by atoms with Crippen molar-refractivity contribution in [1.82, 2.24) is 9.88 Å². The lowest BCUT2D eigenvalue weighted by molar-refractivity contribution is 0.255. The number of hydrogen-bond donors (Lipinski definition) is 0. The Labute approximate surface area is 113 Å². The van der Waals surface area contributed by atoms with Crippen LogP contribution in [-0.4, -0.2) is 30.0 Å². The fourth-order valence-electron chi connectivity index (χ4n) is 2.44. The molecule has 0 bridgehead atoms. The molecule has 1 unspecified atom stereocenters. The smallest absolute Gasteiger partial charge is 0.0960 e. The predicted octanol–water partition coefficient (Wildman–Crippen LogP) is 3.22. The van der Waals surface area contributed by atoms with Crippen molar-refractivity contribution in [2.75, 3.05) is 20.1 Å². The zero-order valence-corrected chi connectivity index (χ0v) is 12.2. The maximum absolute atomic E-state index is 9.21. The standard InChI is InChI=1S/C14H21N3S/c1-10(2)12(8-15)13-9-18-14(16-13)11-4-6-17(3)7-5-11/h9-12H,4-7H2,1-3H3. The number of hydrogen-bond acceptors (Lipinski definition) is 4. The van der Waals surface area contributed by atoms with Gasteiger partial charge in [-0.3, -0.25) is 0 Å². The van der Waals surface area contributed by atoms with Crippen LogP contribution in [0, 0.1) is 17.2 Å². The van der Waals surface area contributed by atoms with Crippen molar-refractivity contribution in [3.05, 3.63) is 16.1 Å². The van der Waals surface area contributed by atoms with Crippen molar-refractivity contribution >= 4 is 11.3 Å². The first-order chi connectivity index (χ1) is 8.61. The Bertz CT molecular complexity index is 424. The number of aromatic nitrogens is 1. The molecule has 18 heavy (non-hydrogen) atoms. The highest BCUT2D eigenvalue weighted by Crippen LogP contribution is 2.32. The van der Waals surface area contributed by atoms with Crippen molar-refractivity contribution in [3.8, 4) is 6.07 Å². The van der Waals surface area contributed by atoms with Crippen molar-refractivity contribution < 1.29 is 0 Å². The van der Waals surface area contributed by atoms with E-state index in [0.717, 1.165) is 18.8 Å². The van der Waals surface area contributed by atoms with E-state index in [2.05, 4.69) is 37.2 Å². The van der Waals surface area contributed by atoms with Gasteiger partial charge in [-0.1, -0.05) is 13.8 Å². The van der Waals surface area contributed by atoms with E-state index in [0.29, 0.717) is 11.8 Å². The summed E-state index contributed by atoms with van der Waals surface area (Å²) in [6.45, 7) is 6.49. The Hall–Kier alpha value is -0.920. The second kappa shape index (κ2) is 5.81. The van der Waals surface area contributed by atoms with Crippen LogP contribution in [0.4, 0.5) is 0 Å². The molecule has 0 aliphatic carbocycles. The number of rotatable bonds is 3. The molecule has 2 rings (SSSR count). The molecule has 0 radical (unpaired) electrons. The van der Waals surface area contributed by atoms with Gasteiger partial charge in [0.1, 0.15) is 0 Å². The summed E-state index contributed by atoms with van der Waals surface area (Å²) in [7, 11) is 2.17. The first-order valence-corrected chi connectivity index (χ1v) is 7.53. The number of nitrogens with zero attached hydrogens (tertiary/aromatic N) is 3. The van der Waals surface area contributed by atoms with Crippen molar-refractivity contribution in [2.45, 2.75) is 38.5 Å². The molecule has 0 spiro atoms. The molecule has 0 N–H and O–H groups in total. The Kier molecular flexibility index (Phi) is 4.36. The molecule has 1 aromatic rings. The quantitative estimate of drug-likeness (QED) is 0.840. The summed E-state index contributed by atoms with van der Waals surface area (Å²) in [4.78, 5) is 7.10. The SMILES string of the molecule is CC(C)C(C#N)c1csc(C2CCN(C)CC2)n1. The first-order valence-electron chi connectivity index (χ1n) is 6.65.